The maximum Gasteiger partial charge on any atom is 0.147 e. The van der Waals surface area contributed by atoms with Gasteiger partial charge >= 0.3 is 0 Å². The summed E-state index contributed by atoms with van der Waals surface area (Å²) in [7, 11) is 0. The van der Waals surface area contributed by atoms with E-state index < -0.39 is 0 Å². The summed E-state index contributed by atoms with van der Waals surface area (Å²) in [4.78, 5) is 0. The molecule has 13 heavy (non-hydrogen) atoms. The molecule has 0 spiro atoms. The molecule has 0 radical (unpaired) electrons. The van der Waals surface area contributed by atoms with E-state index in [1.54, 1.807) is 0 Å². The molecule has 0 amide bonds. The minimum atomic E-state index is 0.239. The van der Waals surface area contributed by atoms with E-state index in [4.69, 9.17) is 14.6 Å². The molecule has 2 N–H and O–H groups in total. The van der Waals surface area contributed by atoms with Crippen molar-refractivity contribution < 1.29 is 14.6 Å². The van der Waals surface area contributed by atoms with Crippen molar-refractivity contribution in [1.82, 2.24) is 5.32 Å². The Hall–Kier alpha value is -0.160. The molecule has 1 aliphatic heterocycles. The van der Waals surface area contributed by atoms with E-state index >= 15 is 0 Å². The largest absolute Gasteiger partial charge is 0.396 e. The molecule has 0 aliphatic carbocycles. The van der Waals surface area contributed by atoms with E-state index in [1.165, 1.54) is 0 Å². The van der Waals surface area contributed by atoms with Crippen LogP contribution < -0.4 is 5.32 Å². The van der Waals surface area contributed by atoms with Crippen LogP contribution >= 0.6 is 0 Å². The van der Waals surface area contributed by atoms with Crippen LogP contribution in [0.2, 0.25) is 0 Å². The van der Waals surface area contributed by atoms with Crippen molar-refractivity contribution in [2.45, 2.75) is 31.9 Å². The third kappa shape index (κ3) is 4.57. The van der Waals surface area contributed by atoms with Gasteiger partial charge in [-0.25, -0.2) is 0 Å². The lowest BCUT2D eigenvalue weighted by atomic mass is 10.2. The fraction of sp³-hybridized carbons (Fsp3) is 1.00. The quantitative estimate of drug-likeness (QED) is 0.644. The van der Waals surface area contributed by atoms with Crippen molar-refractivity contribution in [2.75, 3.05) is 26.6 Å². The molecule has 4 heteroatoms. The molecule has 1 rings (SSSR count). The first-order valence-electron chi connectivity index (χ1n) is 4.86. The Morgan fingerprint density at radius 3 is 3.08 bits per heavy atom. The SMILES string of the molecule is CC(CCO)NCC1CCOCO1. The van der Waals surface area contributed by atoms with Gasteiger partial charge < -0.3 is 19.9 Å². The molecule has 1 saturated heterocycles. The molecule has 78 valence electrons. The highest BCUT2D eigenvalue weighted by Gasteiger charge is 2.14. The minimum Gasteiger partial charge on any atom is -0.396 e. The summed E-state index contributed by atoms with van der Waals surface area (Å²) in [5, 5.41) is 12.0. The Balaban J connectivity index is 2.03. The Labute approximate surface area is 79.2 Å². The Morgan fingerprint density at radius 2 is 2.46 bits per heavy atom. The fourth-order valence-electron chi connectivity index (χ4n) is 1.29. The number of rotatable bonds is 5. The van der Waals surface area contributed by atoms with Gasteiger partial charge in [-0.15, -0.1) is 0 Å². The predicted molar refractivity (Wildman–Crippen MR) is 49.5 cm³/mol. The molecule has 1 heterocycles. The Bertz CT molecular complexity index is 126. The monoisotopic (exact) mass is 189 g/mol. The van der Waals surface area contributed by atoms with Crippen LogP contribution in [0.3, 0.4) is 0 Å². The zero-order valence-corrected chi connectivity index (χ0v) is 8.16. The predicted octanol–water partition coefficient (Wildman–Crippen LogP) is 0.110. The summed E-state index contributed by atoms with van der Waals surface area (Å²) >= 11 is 0. The highest BCUT2D eigenvalue weighted by molar-refractivity contribution is 4.67. The smallest absolute Gasteiger partial charge is 0.147 e. The average Bonchev–Trinajstić information content (AvgIpc) is 2.17. The second-order valence-corrected chi connectivity index (χ2v) is 3.43. The number of aliphatic hydroxyl groups is 1. The molecule has 0 aromatic heterocycles. The third-order valence-corrected chi connectivity index (χ3v) is 2.23. The Morgan fingerprint density at radius 1 is 1.62 bits per heavy atom. The van der Waals surface area contributed by atoms with Crippen molar-refractivity contribution in [2.24, 2.45) is 0 Å². The average molecular weight is 189 g/mol. The second kappa shape index (κ2) is 6.32. The highest BCUT2D eigenvalue weighted by atomic mass is 16.7. The molecule has 1 fully saturated rings. The molecule has 0 aromatic rings. The van der Waals surface area contributed by atoms with E-state index in [-0.39, 0.29) is 12.7 Å². The van der Waals surface area contributed by atoms with E-state index in [0.717, 1.165) is 26.0 Å². The first-order chi connectivity index (χ1) is 6.33. The van der Waals surface area contributed by atoms with Crippen molar-refractivity contribution in [1.29, 1.82) is 0 Å². The minimum absolute atomic E-state index is 0.239. The number of ether oxygens (including phenoxy) is 2. The summed E-state index contributed by atoms with van der Waals surface area (Å²) in [5.74, 6) is 0. The molecule has 2 unspecified atom stereocenters. The molecule has 2 atom stereocenters. The van der Waals surface area contributed by atoms with Crippen molar-refractivity contribution >= 4 is 0 Å². The second-order valence-electron chi connectivity index (χ2n) is 3.43. The number of nitrogens with one attached hydrogen (secondary N) is 1. The fourth-order valence-corrected chi connectivity index (χ4v) is 1.29. The molecule has 4 nitrogen and oxygen atoms in total. The molecule has 0 aromatic carbocycles. The summed E-state index contributed by atoms with van der Waals surface area (Å²) in [6, 6.07) is 0.358. The third-order valence-electron chi connectivity index (χ3n) is 2.23. The van der Waals surface area contributed by atoms with Crippen LogP contribution in [0, 0.1) is 0 Å². The van der Waals surface area contributed by atoms with Crippen LogP contribution in [0.5, 0.6) is 0 Å². The summed E-state index contributed by atoms with van der Waals surface area (Å²) in [6.07, 6.45) is 2.03. The first kappa shape index (κ1) is 10.9. The van der Waals surface area contributed by atoms with Gasteiger partial charge in [0.1, 0.15) is 6.79 Å². The first-order valence-corrected chi connectivity index (χ1v) is 4.86. The van der Waals surface area contributed by atoms with Crippen LogP contribution in [-0.2, 0) is 9.47 Å². The molecule has 0 saturated carbocycles. The summed E-state index contributed by atoms with van der Waals surface area (Å²) < 4.78 is 10.4. The normalized spacial score (nSPS) is 25.8. The topological polar surface area (TPSA) is 50.7 Å². The van der Waals surface area contributed by atoms with Crippen LogP contribution in [0.25, 0.3) is 0 Å². The molecule has 1 aliphatic rings. The highest BCUT2D eigenvalue weighted by Crippen LogP contribution is 2.04. The maximum atomic E-state index is 8.68. The molecule has 0 bridgehead atoms. The van der Waals surface area contributed by atoms with Crippen molar-refractivity contribution in [3.05, 3.63) is 0 Å². The lowest BCUT2D eigenvalue weighted by Crippen LogP contribution is -2.38. The van der Waals surface area contributed by atoms with E-state index in [2.05, 4.69) is 12.2 Å². The lowest BCUT2D eigenvalue weighted by Gasteiger charge is -2.24. The van der Waals surface area contributed by atoms with Crippen LogP contribution in [0.15, 0.2) is 0 Å². The van der Waals surface area contributed by atoms with Crippen LogP contribution in [0.4, 0.5) is 0 Å². The van der Waals surface area contributed by atoms with Crippen LogP contribution in [0.1, 0.15) is 19.8 Å². The zero-order valence-electron chi connectivity index (χ0n) is 8.16. The van der Waals surface area contributed by atoms with Crippen molar-refractivity contribution in [3.63, 3.8) is 0 Å². The summed E-state index contributed by atoms with van der Waals surface area (Å²) in [6.45, 7) is 4.37. The van der Waals surface area contributed by atoms with E-state index in [9.17, 15) is 0 Å². The number of aliphatic hydroxyl groups excluding tert-OH is 1. The van der Waals surface area contributed by atoms with Gasteiger partial charge in [-0.05, 0) is 19.8 Å². The maximum absolute atomic E-state index is 8.68. The standard InChI is InChI=1S/C9H19NO3/c1-8(2-4-11)10-6-9-3-5-12-7-13-9/h8-11H,2-7H2,1H3. The number of hydrogen-bond acceptors (Lipinski definition) is 4. The Kier molecular flexibility index (Phi) is 5.31. The lowest BCUT2D eigenvalue weighted by molar-refractivity contribution is -0.137. The zero-order chi connectivity index (χ0) is 9.52. The van der Waals surface area contributed by atoms with E-state index in [1.807, 2.05) is 0 Å². The molecular formula is C9H19NO3. The van der Waals surface area contributed by atoms with Crippen LogP contribution in [-0.4, -0.2) is 43.8 Å². The van der Waals surface area contributed by atoms with Gasteiger partial charge in [0, 0.05) is 19.2 Å². The van der Waals surface area contributed by atoms with Gasteiger partial charge in [0.15, 0.2) is 0 Å². The van der Waals surface area contributed by atoms with Gasteiger partial charge in [-0.3, -0.25) is 0 Å². The van der Waals surface area contributed by atoms with Gasteiger partial charge in [-0.2, -0.15) is 0 Å². The van der Waals surface area contributed by atoms with Crippen molar-refractivity contribution in [3.8, 4) is 0 Å². The van der Waals surface area contributed by atoms with Gasteiger partial charge in [0.25, 0.3) is 0 Å². The summed E-state index contributed by atoms with van der Waals surface area (Å²) in [5.41, 5.74) is 0. The molecular weight excluding hydrogens is 170 g/mol. The van der Waals surface area contributed by atoms with E-state index in [0.29, 0.717) is 12.8 Å². The van der Waals surface area contributed by atoms with Gasteiger partial charge in [0.05, 0.1) is 12.7 Å². The van der Waals surface area contributed by atoms with Gasteiger partial charge in [0.2, 0.25) is 0 Å². The number of hydrogen-bond donors (Lipinski definition) is 2. The van der Waals surface area contributed by atoms with Gasteiger partial charge in [-0.1, -0.05) is 0 Å².